The lowest BCUT2D eigenvalue weighted by Crippen LogP contribution is -2.39. The summed E-state index contributed by atoms with van der Waals surface area (Å²) in [5, 5.41) is 0. The highest BCUT2D eigenvalue weighted by molar-refractivity contribution is 5.29. The molecule has 1 aromatic rings. The molecule has 0 heterocycles. The fourth-order valence-electron chi connectivity index (χ4n) is 5.66. The third kappa shape index (κ3) is 10.0. The Kier molecular flexibility index (Phi) is 15.8. The zero-order valence-electron chi connectivity index (χ0n) is 23.3. The summed E-state index contributed by atoms with van der Waals surface area (Å²) in [5.41, 5.74) is 1.84. The van der Waals surface area contributed by atoms with Gasteiger partial charge in [-0.2, -0.15) is 0 Å². The van der Waals surface area contributed by atoms with Gasteiger partial charge in [0.05, 0.1) is 0 Å². The van der Waals surface area contributed by atoms with E-state index in [-0.39, 0.29) is 6.29 Å². The van der Waals surface area contributed by atoms with E-state index >= 15 is 0 Å². The second-order valence-electron chi connectivity index (χ2n) is 10.1. The first kappa shape index (κ1) is 30.0. The van der Waals surface area contributed by atoms with Crippen LogP contribution < -0.4 is 4.74 Å². The maximum Gasteiger partial charge on any atom is 0.200 e. The molecular formula is C31H56O2. The van der Waals surface area contributed by atoms with Crippen molar-refractivity contribution in [2.75, 3.05) is 6.61 Å². The summed E-state index contributed by atoms with van der Waals surface area (Å²) < 4.78 is 12.6. The largest absolute Gasteiger partial charge is 0.465 e. The smallest absolute Gasteiger partial charge is 0.200 e. The van der Waals surface area contributed by atoms with Crippen molar-refractivity contribution in [3.63, 3.8) is 0 Å². The lowest BCUT2D eigenvalue weighted by Gasteiger charge is -2.47. The SMILES string of the molecule is CC.CCC.CCOC(CC1(C2CCCCC2)CCCCC1)Oc1ccc(C(C)CC)cc1. The summed E-state index contributed by atoms with van der Waals surface area (Å²) >= 11 is 0. The Morgan fingerprint density at radius 2 is 1.39 bits per heavy atom. The molecule has 0 aliphatic heterocycles. The van der Waals surface area contributed by atoms with Gasteiger partial charge in [-0.05, 0) is 74.0 Å². The zero-order valence-corrected chi connectivity index (χ0v) is 23.3. The zero-order chi connectivity index (χ0) is 24.5. The molecule has 0 saturated heterocycles. The lowest BCUT2D eigenvalue weighted by atomic mass is 9.60. The average Bonchev–Trinajstić information content (AvgIpc) is 2.87. The van der Waals surface area contributed by atoms with Gasteiger partial charge in [-0.1, -0.05) is 98.6 Å². The van der Waals surface area contributed by atoms with Gasteiger partial charge in [0, 0.05) is 13.0 Å². The standard InChI is InChI=1S/C26H42O2.C3H8.C2H6/c1-4-21(3)22-14-16-24(17-15-22)28-25(27-5-2)20-26(18-10-7-11-19-26)23-12-8-6-9-13-23;1-3-2;1-2/h14-17,21,23,25H,4-13,18-20H2,1-3H3;3H2,1-2H3;1-2H3. The van der Waals surface area contributed by atoms with E-state index in [1.807, 2.05) is 13.8 Å². The van der Waals surface area contributed by atoms with E-state index in [9.17, 15) is 0 Å². The van der Waals surface area contributed by atoms with E-state index in [4.69, 9.17) is 9.47 Å². The minimum Gasteiger partial charge on any atom is -0.465 e. The van der Waals surface area contributed by atoms with Gasteiger partial charge >= 0.3 is 0 Å². The van der Waals surface area contributed by atoms with Crippen molar-refractivity contribution < 1.29 is 9.47 Å². The maximum absolute atomic E-state index is 6.42. The molecule has 0 radical (unpaired) electrons. The molecule has 3 rings (SSSR count). The first-order chi connectivity index (χ1) is 16.1. The third-order valence-corrected chi connectivity index (χ3v) is 7.58. The van der Waals surface area contributed by atoms with E-state index < -0.39 is 0 Å². The van der Waals surface area contributed by atoms with Gasteiger partial charge in [0.15, 0.2) is 6.29 Å². The van der Waals surface area contributed by atoms with Gasteiger partial charge in [-0.25, -0.2) is 0 Å². The first-order valence-electron chi connectivity index (χ1n) is 14.5. The lowest BCUT2D eigenvalue weighted by molar-refractivity contribution is -0.119. The van der Waals surface area contributed by atoms with Crippen molar-refractivity contribution >= 4 is 0 Å². The fourth-order valence-corrected chi connectivity index (χ4v) is 5.66. The normalized spacial score (nSPS) is 19.8. The minimum absolute atomic E-state index is 0.112. The predicted molar refractivity (Wildman–Crippen MR) is 145 cm³/mol. The molecule has 0 aromatic heterocycles. The topological polar surface area (TPSA) is 18.5 Å². The van der Waals surface area contributed by atoms with Crippen molar-refractivity contribution in [2.24, 2.45) is 11.3 Å². The van der Waals surface area contributed by atoms with E-state index in [2.05, 4.69) is 58.9 Å². The van der Waals surface area contributed by atoms with Crippen LogP contribution in [0.15, 0.2) is 24.3 Å². The predicted octanol–water partition coefficient (Wildman–Crippen LogP) is 10.3. The Bertz CT molecular complexity index is 567. The van der Waals surface area contributed by atoms with E-state index in [1.54, 1.807) is 0 Å². The molecule has 33 heavy (non-hydrogen) atoms. The second kappa shape index (κ2) is 17.4. The molecule has 0 spiro atoms. The second-order valence-corrected chi connectivity index (χ2v) is 10.1. The van der Waals surface area contributed by atoms with Crippen LogP contribution >= 0.6 is 0 Å². The third-order valence-electron chi connectivity index (χ3n) is 7.58. The Morgan fingerprint density at radius 3 is 1.91 bits per heavy atom. The van der Waals surface area contributed by atoms with Crippen molar-refractivity contribution in [1.82, 2.24) is 0 Å². The highest BCUT2D eigenvalue weighted by atomic mass is 16.7. The minimum atomic E-state index is -0.112. The number of benzene rings is 1. The highest BCUT2D eigenvalue weighted by Gasteiger charge is 2.42. The molecule has 2 aliphatic carbocycles. The molecule has 2 saturated carbocycles. The quantitative estimate of drug-likeness (QED) is 0.341. The Hall–Kier alpha value is -1.02. The van der Waals surface area contributed by atoms with Gasteiger partial charge in [0.25, 0.3) is 0 Å². The molecular weight excluding hydrogens is 404 g/mol. The summed E-state index contributed by atoms with van der Waals surface area (Å²) in [7, 11) is 0. The van der Waals surface area contributed by atoms with Gasteiger partial charge in [-0.15, -0.1) is 0 Å². The van der Waals surface area contributed by atoms with Crippen LogP contribution in [0.2, 0.25) is 0 Å². The van der Waals surface area contributed by atoms with Gasteiger partial charge in [0.1, 0.15) is 5.75 Å². The van der Waals surface area contributed by atoms with E-state index in [0.717, 1.165) is 24.7 Å². The Labute approximate surface area is 207 Å². The van der Waals surface area contributed by atoms with Crippen LogP contribution in [0.5, 0.6) is 5.75 Å². The summed E-state index contributed by atoms with van der Waals surface area (Å²) in [6, 6.07) is 8.73. The van der Waals surface area contributed by atoms with E-state index in [0.29, 0.717) is 11.3 Å². The summed E-state index contributed by atoms with van der Waals surface area (Å²) in [6.45, 7) is 15.6. The maximum atomic E-state index is 6.42. The van der Waals surface area contributed by atoms with Crippen LogP contribution in [0.1, 0.15) is 143 Å². The molecule has 2 unspecified atom stereocenters. The molecule has 1 aromatic carbocycles. The summed E-state index contributed by atoms with van der Waals surface area (Å²) in [5.74, 6) is 2.44. The molecule has 0 bridgehead atoms. The van der Waals surface area contributed by atoms with Gasteiger partial charge in [0.2, 0.25) is 0 Å². The number of hydrogen-bond donors (Lipinski definition) is 0. The van der Waals surface area contributed by atoms with Crippen molar-refractivity contribution in [1.29, 1.82) is 0 Å². The Morgan fingerprint density at radius 1 is 0.848 bits per heavy atom. The first-order valence-corrected chi connectivity index (χ1v) is 14.5. The van der Waals surface area contributed by atoms with Crippen LogP contribution in [0, 0.1) is 11.3 Å². The molecule has 0 N–H and O–H groups in total. The molecule has 192 valence electrons. The van der Waals surface area contributed by atoms with Crippen LogP contribution in [0.25, 0.3) is 0 Å². The molecule has 2 nitrogen and oxygen atoms in total. The van der Waals surface area contributed by atoms with Crippen molar-refractivity contribution in [3.8, 4) is 5.75 Å². The fraction of sp³-hybridized carbons (Fsp3) is 0.806. The molecule has 2 heteroatoms. The summed E-state index contributed by atoms with van der Waals surface area (Å²) in [4.78, 5) is 0. The molecule has 2 fully saturated rings. The number of hydrogen-bond acceptors (Lipinski definition) is 2. The van der Waals surface area contributed by atoms with Crippen LogP contribution in [0.4, 0.5) is 0 Å². The number of ether oxygens (including phenoxy) is 2. The molecule has 0 amide bonds. The molecule has 2 atom stereocenters. The van der Waals surface area contributed by atoms with Crippen LogP contribution in [-0.2, 0) is 4.74 Å². The van der Waals surface area contributed by atoms with Gasteiger partial charge in [-0.3, -0.25) is 0 Å². The van der Waals surface area contributed by atoms with Crippen LogP contribution in [-0.4, -0.2) is 12.9 Å². The van der Waals surface area contributed by atoms with Crippen molar-refractivity contribution in [2.45, 2.75) is 144 Å². The van der Waals surface area contributed by atoms with Gasteiger partial charge < -0.3 is 9.47 Å². The van der Waals surface area contributed by atoms with E-state index in [1.165, 1.54) is 82.6 Å². The molecule has 2 aliphatic rings. The number of rotatable bonds is 9. The Balaban J connectivity index is 0.00000101. The monoisotopic (exact) mass is 460 g/mol. The van der Waals surface area contributed by atoms with Crippen LogP contribution in [0.3, 0.4) is 0 Å². The average molecular weight is 461 g/mol. The van der Waals surface area contributed by atoms with Crippen molar-refractivity contribution in [3.05, 3.63) is 29.8 Å². The highest BCUT2D eigenvalue weighted by Crippen LogP contribution is 2.51. The summed E-state index contributed by atoms with van der Waals surface area (Å²) in [6.07, 6.45) is 17.4.